The zero-order valence-corrected chi connectivity index (χ0v) is 8.75. The molecule has 0 bridgehead atoms. The molecule has 1 aromatic heterocycles. The number of nitrogens with one attached hydrogen (secondary N) is 1. The van der Waals surface area contributed by atoms with Gasteiger partial charge in [0, 0.05) is 6.54 Å². The van der Waals surface area contributed by atoms with Crippen LogP contribution in [0.15, 0.2) is 16.7 Å². The monoisotopic (exact) mass is 209 g/mol. The summed E-state index contributed by atoms with van der Waals surface area (Å²) >= 11 is 0. The van der Waals surface area contributed by atoms with E-state index in [1.54, 1.807) is 13.0 Å². The zero-order chi connectivity index (χ0) is 10.9. The molecule has 1 saturated carbocycles. The van der Waals surface area contributed by atoms with E-state index in [9.17, 15) is 9.90 Å². The lowest BCUT2D eigenvalue weighted by Crippen LogP contribution is -2.47. The largest absolute Gasteiger partial charge is 0.469 e. The first-order chi connectivity index (χ1) is 7.11. The molecule has 2 N–H and O–H groups in total. The minimum Gasteiger partial charge on any atom is -0.469 e. The molecule has 1 amide bonds. The van der Waals surface area contributed by atoms with Crippen molar-refractivity contribution >= 4 is 5.91 Å². The highest BCUT2D eigenvalue weighted by Gasteiger charge is 2.34. The summed E-state index contributed by atoms with van der Waals surface area (Å²) in [4.78, 5) is 11.6. The maximum atomic E-state index is 11.6. The summed E-state index contributed by atoms with van der Waals surface area (Å²) in [5, 5.41) is 12.5. The topological polar surface area (TPSA) is 62.5 Å². The molecule has 1 aromatic rings. The summed E-state index contributed by atoms with van der Waals surface area (Å²) < 4.78 is 5.03. The lowest BCUT2D eigenvalue weighted by atomic mass is 9.80. The van der Waals surface area contributed by atoms with Crippen molar-refractivity contribution in [2.24, 2.45) is 0 Å². The first kappa shape index (κ1) is 10.2. The molecule has 82 valence electrons. The fourth-order valence-corrected chi connectivity index (χ4v) is 1.72. The van der Waals surface area contributed by atoms with Crippen LogP contribution in [0, 0.1) is 6.92 Å². The van der Waals surface area contributed by atoms with Gasteiger partial charge in [-0.3, -0.25) is 4.79 Å². The first-order valence-corrected chi connectivity index (χ1v) is 5.15. The van der Waals surface area contributed by atoms with Gasteiger partial charge in [-0.15, -0.1) is 0 Å². The molecule has 1 fully saturated rings. The van der Waals surface area contributed by atoms with Gasteiger partial charge < -0.3 is 14.8 Å². The Morgan fingerprint density at radius 2 is 2.40 bits per heavy atom. The highest BCUT2D eigenvalue weighted by Crippen LogP contribution is 2.30. The van der Waals surface area contributed by atoms with Gasteiger partial charge in [0.15, 0.2) is 0 Å². The molecule has 0 unspecified atom stereocenters. The van der Waals surface area contributed by atoms with Crippen LogP contribution in [-0.2, 0) is 0 Å². The molecule has 0 atom stereocenters. The van der Waals surface area contributed by atoms with E-state index in [4.69, 9.17) is 4.42 Å². The van der Waals surface area contributed by atoms with Gasteiger partial charge in [0.25, 0.3) is 5.91 Å². The van der Waals surface area contributed by atoms with Gasteiger partial charge in [-0.25, -0.2) is 0 Å². The minimum absolute atomic E-state index is 0.179. The van der Waals surface area contributed by atoms with Crippen molar-refractivity contribution in [3.8, 4) is 0 Å². The van der Waals surface area contributed by atoms with Crippen molar-refractivity contribution in [1.82, 2.24) is 5.32 Å². The second-order valence-corrected chi connectivity index (χ2v) is 4.15. The molecule has 1 aliphatic rings. The van der Waals surface area contributed by atoms with E-state index in [1.807, 2.05) is 0 Å². The molecule has 2 rings (SSSR count). The predicted octanol–water partition coefficient (Wildman–Crippen LogP) is 1.23. The van der Waals surface area contributed by atoms with Crippen molar-refractivity contribution in [1.29, 1.82) is 0 Å². The Bertz CT molecular complexity index is 366. The molecular formula is C11H15NO3. The highest BCUT2D eigenvalue weighted by atomic mass is 16.3. The standard InChI is InChI=1S/C11H15NO3/c1-8-9(3-6-15-8)10(13)12-7-11(14)4-2-5-11/h3,6,14H,2,4-5,7H2,1H3,(H,12,13). The Kier molecular flexibility index (Phi) is 2.52. The number of amides is 1. The van der Waals surface area contributed by atoms with Crippen molar-refractivity contribution in [3.05, 3.63) is 23.7 Å². The van der Waals surface area contributed by atoms with Crippen molar-refractivity contribution in [2.75, 3.05) is 6.54 Å². The lowest BCUT2D eigenvalue weighted by molar-refractivity contribution is -0.0300. The number of carbonyl (C=O) groups excluding carboxylic acids is 1. The SMILES string of the molecule is Cc1occc1C(=O)NCC1(O)CCC1. The molecule has 4 nitrogen and oxygen atoms in total. The molecule has 4 heteroatoms. The third-order valence-electron chi connectivity index (χ3n) is 2.97. The van der Waals surface area contributed by atoms with Crippen LogP contribution in [0.4, 0.5) is 0 Å². The van der Waals surface area contributed by atoms with E-state index in [0.29, 0.717) is 17.9 Å². The number of aryl methyl sites for hydroxylation is 1. The van der Waals surface area contributed by atoms with Crippen LogP contribution in [-0.4, -0.2) is 23.2 Å². The van der Waals surface area contributed by atoms with Gasteiger partial charge in [0.2, 0.25) is 0 Å². The number of rotatable bonds is 3. The Hall–Kier alpha value is -1.29. The van der Waals surface area contributed by atoms with Crippen molar-refractivity contribution in [2.45, 2.75) is 31.8 Å². The molecule has 0 spiro atoms. The second kappa shape index (κ2) is 3.70. The van der Waals surface area contributed by atoms with Gasteiger partial charge in [0.05, 0.1) is 17.4 Å². The summed E-state index contributed by atoms with van der Waals surface area (Å²) in [6, 6.07) is 1.63. The summed E-state index contributed by atoms with van der Waals surface area (Å²) in [5.74, 6) is 0.426. The highest BCUT2D eigenvalue weighted by molar-refractivity contribution is 5.95. The van der Waals surface area contributed by atoms with Crippen LogP contribution < -0.4 is 5.32 Å². The number of furan rings is 1. The predicted molar refractivity (Wildman–Crippen MR) is 54.6 cm³/mol. The molecule has 1 aliphatic carbocycles. The Balaban J connectivity index is 1.90. The smallest absolute Gasteiger partial charge is 0.254 e. The molecule has 0 aliphatic heterocycles. The molecule has 15 heavy (non-hydrogen) atoms. The third kappa shape index (κ3) is 2.04. The number of carbonyl (C=O) groups is 1. The van der Waals surface area contributed by atoms with Crippen LogP contribution in [0.25, 0.3) is 0 Å². The van der Waals surface area contributed by atoms with E-state index >= 15 is 0 Å². The Morgan fingerprint density at radius 1 is 1.67 bits per heavy atom. The Labute approximate surface area is 88.3 Å². The average molecular weight is 209 g/mol. The quantitative estimate of drug-likeness (QED) is 0.787. The maximum absolute atomic E-state index is 11.6. The van der Waals surface area contributed by atoms with Gasteiger partial charge in [-0.2, -0.15) is 0 Å². The summed E-state index contributed by atoms with van der Waals surface area (Å²) in [6.07, 6.45) is 4.08. The van der Waals surface area contributed by atoms with Crippen LogP contribution in [0.2, 0.25) is 0 Å². The lowest BCUT2D eigenvalue weighted by Gasteiger charge is -2.36. The fourth-order valence-electron chi connectivity index (χ4n) is 1.72. The van der Waals surface area contributed by atoms with Crippen molar-refractivity contribution < 1.29 is 14.3 Å². The number of aliphatic hydroxyl groups is 1. The van der Waals surface area contributed by atoms with Gasteiger partial charge >= 0.3 is 0 Å². The van der Waals surface area contributed by atoms with Crippen LogP contribution in [0.5, 0.6) is 0 Å². The van der Waals surface area contributed by atoms with Gasteiger partial charge in [-0.05, 0) is 32.3 Å². The minimum atomic E-state index is -0.673. The van der Waals surface area contributed by atoms with E-state index in [0.717, 1.165) is 19.3 Å². The van der Waals surface area contributed by atoms with Crippen LogP contribution in [0.3, 0.4) is 0 Å². The molecule has 0 aromatic carbocycles. The number of hydrogen-bond donors (Lipinski definition) is 2. The van der Waals surface area contributed by atoms with Gasteiger partial charge in [-0.1, -0.05) is 0 Å². The number of hydrogen-bond acceptors (Lipinski definition) is 3. The van der Waals surface area contributed by atoms with Crippen LogP contribution >= 0.6 is 0 Å². The maximum Gasteiger partial charge on any atom is 0.254 e. The molecular weight excluding hydrogens is 194 g/mol. The molecule has 0 saturated heterocycles. The summed E-state index contributed by atoms with van der Waals surface area (Å²) in [6.45, 7) is 2.07. The Morgan fingerprint density at radius 3 is 2.87 bits per heavy atom. The second-order valence-electron chi connectivity index (χ2n) is 4.15. The van der Waals surface area contributed by atoms with E-state index < -0.39 is 5.60 Å². The van der Waals surface area contributed by atoms with E-state index in [2.05, 4.69) is 5.32 Å². The fraction of sp³-hybridized carbons (Fsp3) is 0.545. The third-order valence-corrected chi connectivity index (χ3v) is 2.97. The summed E-state index contributed by atoms with van der Waals surface area (Å²) in [5.41, 5.74) is -0.134. The van der Waals surface area contributed by atoms with E-state index in [1.165, 1.54) is 6.26 Å². The molecule has 1 heterocycles. The summed E-state index contributed by atoms with van der Waals surface area (Å²) in [7, 11) is 0. The molecule has 0 radical (unpaired) electrons. The zero-order valence-electron chi connectivity index (χ0n) is 8.75. The first-order valence-electron chi connectivity index (χ1n) is 5.15. The normalized spacial score (nSPS) is 18.3. The average Bonchev–Trinajstić information content (AvgIpc) is 2.58. The van der Waals surface area contributed by atoms with Crippen molar-refractivity contribution in [3.63, 3.8) is 0 Å². The van der Waals surface area contributed by atoms with Gasteiger partial charge in [0.1, 0.15) is 5.76 Å². The van der Waals surface area contributed by atoms with Crippen LogP contribution in [0.1, 0.15) is 35.4 Å². The van der Waals surface area contributed by atoms with E-state index in [-0.39, 0.29) is 5.91 Å².